The van der Waals surface area contributed by atoms with E-state index >= 15 is 0 Å². The lowest BCUT2D eigenvalue weighted by Gasteiger charge is -2.38. The number of rotatable bonds is 4. The molecule has 116 valence electrons. The molecule has 0 bridgehead atoms. The molecule has 0 amide bonds. The summed E-state index contributed by atoms with van der Waals surface area (Å²) in [5.74, 6) is 0.994. The Morgan fingerprint density at radius 1 is 1.05 bits per heavy atom. The minimum atomic E-state index is 0.223. The van der Waals surface area contributed by atoms with Gasteiger partial charge in [-0.15, -0.1) is 0 Å². The first-order valence-electron chi connectivity index (χ1n) is 8.69. The second-order valence-electron chi connectivity index (χ2n) is 7.29. The van der Waals surface area contributed by atoms with Gasteiger partial charge in [-0.1, -0.05) is 25.0 Å². The Morgan fingerprint density at radius 2 is 1.71 bits per heavy atom. The van der Waals surface area contributed by atoms with Crippen LogP contribution in [0.2, 0.25) is 0 Å². The van der Waals surface area contributed by atoms with Crippen LogP contribution < -0.4 is 10.1 Å². The number of hydrogen-bond donors (Lipinski definition) is 1. The summed E-state index contributed by atoms with van der Waals surface area (Å²) in [6.45, 7) is 4.17. The van der Waals surface area contributed by atoms with Crippen molar-refractivity contribution in [3.63, 3.8) is 0 Å². The second-order valence-corrected chi connectivity index (χ2v) is 7.29. The Labute approximate surface area is 129 Å². The lowest BCUT2D eigenvalue weighted by molar-refractivity contribution is 0.187. The largest absolute Gasteiger partial charge is 0.489 e. The smallest absolute Gasteiger partial charge is 0.142 e. The van der Waals surface area contributed by atoms with Gasteiger partial charge in [-0.05, 0) is 69.9 Å². The average molecular weight is 287 g/mol. The minimum absolute atomic E-state index is 0.223. The highest BCUT2D eigenvalue weighted by Gasteiger charge is 2.37. The third kappa shape index (κ3) is 3.53. The molecule has 0 aromatic heterocycles. The maximum absolute atomic E-state index is 5.92. The Hall–Kier alpha value is -1.18. The molecular weight excluding hydrogens is 258 g/mol. The number of hydrogen-bond acceptors (Lipinski definition) is 2. The molecule has 1 spiro atoms. The molecule has 2 saturated carbocycles. The predicted molar refractivity (Wildman–Crippen MR) is 89.0 cm³/mol. The van der Waals surface area contributed by atoms with Crippen LogP contribution in [0.3, 0.4) is 0 Å². The summed E-state index contributed by atoms with van der Waals surface area (Å²) in [4.78, 5) is 0. The standard InChI is InChI=1S/C19H29NO/c1-15(2)21-18-8-4-3-7-17(18)20-16-9-13-19(14-10-16)11-5-6-12-19/h3-4,7-8,15-16,20H,5-6,9-14H2,1-2H3. The van der Waals surface area contributed by atoms with Gasteiger partial charge in [0.15, 0.2) is 0 Å². The van der Waals surface area contributed by atoms with E-state index in [4.69, 9.17) is 4.74 Å². The van der Waals surface area contributed by atoms with Crippen LogP contribution in [0.5, 0.6) is 5.75 Å². The van der Waals surface area contributed by atoms with Gasteiger partial charge in [-0.2, -0.15) is 0 Å². The third-order valence-electron chi connectivity index (χ3n) is 5.32. The quantitative estimate of drug-likeness (QED) is 0.801. The molecule has 0 aliphatic heterocycles. The highest BCUT2D eigenvalue weighted by molar-refractivity contribution is 5.56. The number of ether oxygens (including phenoxy) is 1. The fourth-order valence-corrected chi connectivity index (χ4v) is 4.16. The Kier molecular flexibility index (Phi) is 4.42. The van der Waals surface area contributed by atoms with Crippen molar-refractivity contribution in [2.24, 2.45) is 5.41 Å². The molecule has 2 aliphatic rings. The fourth-order valence-electron chi connectivity index (χ4n) is 4.16. The molecule has 2 fully saturated rings. The molecule has 0 atom stereocenters. The van der Waals surface area contributed by atoms with Gasteiger partial charge >= 0.3 is 0 Å². The van der Waals surface area contributed by atoms with E-state index in [1.165, 1.54) is 57.1 Å². The van der Waals surface area contributed by atoms with Crippen LogP contribution >= 0.6 is 0 Å². The molecular formula is C19H29NO. The molecule has 3 rings (SSSR count). The van der Waals surface area contributed by atoms with Gasteiger partial charge in [0.1, 0.15) is 5.75 Å². The number of benzene rings is 1. The van der Waals surface area contributed by atoms with Crippen LogP contribution in [0, 0.1) is 5.41 Å². The zero-order valence-electron chi connectivity index (χ0n) is 13.5. The molecule has 21 heavy (non-hydrogen) atoms. The predicted octanol–water partition coefficient (Wildman–Crippen LogP) is 5.39. The third-order valence-corrected chi connectivity index (χ3v) is 5.32. The van der Waals surface area contributed by atoms with E-state index in [0.29, 0.717) is 11.5 Å². The van der Waals surface area contributed by atoms with Crippen LogP contribution in [0.1, 0.15) is 65.2 Å². The van der Waals surface area contributed by atoms with E-state index in [9.17, 15) is 0 Å². The summed E-state index contributed by atoms with van der Waals surface area (Å²) in [5, 5.41) is 3.74. The van der Waals surface area contributed by atoms with Crippen molar-refractivity contribution >= 4 is 5.69 Å². The molecule has 1 N–H and O–H groups in total. The van der Waals surface area contributed by atoms with Gasteiger partial charge in [0, 0.05) is 6.04 Å². The zero-order chi connectivity index (χ0) is 14.7. The van der Waals surface area contributed by atoms with E-state index in [2.05, 4.69) is 43.4 Å². The van der Waals surface area contributed by atoms with Crippen molar-refractivity contribution in [1.82, 2.24) is 0 Å². The first kappa shape index (κ1) is 14.7. The van der Waals surface area contributed by atoms with Crippen molar-refractivity contribution in [3.05, 3.63) is 24.3 Å². The fraction of sp³-hybridized carbons (Fsp3) is 0.684. The van der Waals surface area contributed by atoms with E-state index in [0.717, 1.165) is 5.75 Å². The summed E-state index contributed by atoms with van der Waals surface area (Å²) < 4.78 is 5.92. The van der Waals surface area contributed by atoms with E-state index in [1.54, 1.807) is 0 Å². The van der Waals surface area contributed by atoms with Gasteiger partial charge in [-0.3, -0.25) is 0 Å². The highest BCUT2D eigenvalue weighted by Crippen LogP contribution is 2.49. The maximum Gasteiger partial charge on any atom is 0.142 e. The average Bonchev–Trinajstić information content (AvgIpc) is 2.92. The zero-order valence-corrected chi connectivity index (χ0v) is 13.5. The Morgan fingerprint density at radius 3 is 2.38 bits per heavy atom. The summed E-state index contributed by atoms with van der Waals surface area (Å²) >= 11 is 0. The molecule has 0 heterocycles. The van der Waals surface area contributed by atoms with Crippen LogP contribution in [-0.4, -0.2) is 12.1 Å². The van der Waals surface area contributed by atoms with Crippen LogP contribution in [0.15, 0.2) is 24.3 Å². The molecule has 0 unspecified atom stereocenters. The first-order valence-corrected chi connectivity index (χ1v) is 8.69. The van der Waals surface area contributed by atoms with Gasteiger partial charge in [-0.25, -0.2) is 0 Å². The lowest BCUT2D eigenvalue weighted by atomic mass is 9.71. The topological polar surface area (TPSA) is 21.3 Å². The van der Waals surface area contributed by atoms with Crippen LogP contribution in [-0.2, 0) is 0 Å². The van der Waals surface area contributed by atoms with Gasteiger partial charge in [0.2, 0.25) is 0 Å². The molecule has 2 aliphatic carbocycles. The molecule has 0 radical (unpaired) electrons. The number of para-hydroxylation sites is 2. The monoisotopic (exact) mass is 287 g/mol. The Bertz CT molecular complexity index is 452. The molecule has 0 saturated heterocycles. The van der Waals surface area contributed by atoms with Gasteiger partial charge in [0.25, 0.3) is 0 Å². The summed E-state index contributed by atoms with van der Waals surface area (Å²) in [5.41, 5.74) is 1.88. The first-order chi connectivity index (χ1) is 10.2. The second kappa shape index (κ2) is 6.29. The van der Waals surface area contributed by atoms with E-state index in [1.807, 2.05) is 0 Å². The van der Waals surface area contributed by atoms with Gasteiger partial charge in [0.05, 0.1) is 11.8 Å². The summed E-state index contributed by atoms with van der Waals surface area (Å²) in [7, 11) is 0. The molecule has 2 heteroatoms. The van der Waals surface area contributed by atoms with E-state index in [-0.39, 0.29) is 6.10 Å². The van der Waals surface area contributed by atoms with Crippen molar-refractivity contribution in [2.75, 3.05) is 5.32 Å². The highest BCUT2D eigenvalue weighted by atomic mass is 16.5. The number of anilines is 1. The molecule has 1 aromatic rings. The number of nitrogens with one attached hydrogen (secondary N) is 1. The summed E-state index contributed by atoms with van der Waals surface area (Å²) in [6, 6.07) is 8.99. The lowest BCUT2D eigenvalue weighted by Crippen LogP contribution is -2.31. The summed E-state index contributed by atoms with van der Waals surface area (Å²) in [6.07, 6.45) is 11.6. The normalized spacial score (nSPS) is 21.9. The maximum atomic E-state index is 5.92. The van der Waals surface area contributed by atoms with Crippen LogP contribution in [0.4, 0.5) is 5.69 Å². The molecule has 2 nitrogen and oxygen atoms in total. The van der Waals surface area contributed by atoms with Crippen molar-refractivity contribution < 1.29 is 4.74 Å². The van der Waals surface area contributed by atoms with E-state index < -0.39 is 0 Å². The minimum Gasteiger partial charge on any atom is -0.489 e. The van der Waals surface area contributed by atoms with Crippen molar-refractivity contribution in [1.29, 1.82) is 0 Å². The van der Waals surface area contributed by atoms with Gasteiger partial charge < -0.3 is 10.1 Å². The SMILES string of the molecule is CC(C)Oc1ccccc1NC1CCC2(CCCC2)CC1. The van der Waals surface area contributed by atoms with Crippen LogP contribution in [0.25, 0.3) is 0 Å². The van der Waals surface area contributed by atoms with Crippen molar-refractivity contribution in [3.8, 4) is 5.75 Å². The molecule has 1 aromatic carbocycles. The van der Waals surface area contributed by atoms with Crippen molar-refractivity contribution in [2.45, 2.75) is 77.4 Å². The Balaban J connectivity index is 1.60.